The normalized spacial score (nSPS) is 12.9. The second-order valence-corrected chi connectivity index (χ2v) is 6.75. The number of nitrogens with zero attached hydrogens (tertiary/aromatic N) is 2. The molecule has 0 N–H and O–H groups in total. The maximum absolute atomic E-state index is 6.16. The minimum absolute atomic E-state index is 0.321. The molecule has 0 aliphatic rings. The Morgan fingerprint density at radius 3 is 2.90 bits per heavy atom. The zero-order chi connectivity index (χ0) is 14.8. The Hall–Kier alpha value is -1.03. The molecule has 0 saturated heterocycles. The second-order valence-electron chi connectivity index (χ2n) is 5.15. The van der Waals surface area contributed by atoms with E-state index >= 15 is 0 Å². The van der Waals surface area contributed by atoms with Crippen molar-refractivity contribution in [1.82, 2.24) is 9.55 Å². The van der Waals surface area contributed by atoms with Gasteiger partial charge in [-0.2, -0.15) is 11.3 Å². The summed E-state index contributed by atoms with van der Waals surface area (Å²) >= 11 is 13.8. The van der Waals surface area contributed by atoms with Crippen molar-refractivity contribution in [2.75, 3.05) is 5.88 Å². The molecular formula is C16H16Cl2N2S. The molecule has 1 aromatic carbocycles. The Balaban J connectivity index is 2.05. The molecule has 1 unspecified atom stereocenters. The second kappa shape index (κ2) is 6.39. The van der Waals surface area contributed by atoms with Crippen LogP contribution in [0.5, 0.6) is 0 Å². The Morgan fingerprint density at radius 2 is 2.19 bits per heavy atom. The highest BCUT2D eigenvalue weighted by atomic mass is 35.5. The number of imidazole rings is 1. The zero-order valence-electron chi connectivity index (χ0n) is 11.7. The van der Waals surface area contributed by atoms with E-state index in [-0.39, 0.29) is 0 Å². The van der Waals surface area contributed by atoms with Gasteiger partial charge in [0.2, 0.25) is 0 Å². The van der Waals surface area contributed by atoms with Gasteiger partial charge in [-0.25, -0.2) is 4.98 Å². The van der Waals surface area contributed by atoms with E-state index in [0.717, 1.165) is 34.7 Å². The molecular weight excluding hydrogens is 323 g/mol. The van der Waals surface area contributed by atoms with Gasteiger partial charge in [-0.1, -0.05) is 11.6 Å². The average Bonchev–Trinajstić information content (AvgIpc) is 3.06. The average molecular weight is 339 g/mol. The maximum Gasteiger partial charge on any atom is 0.111 e. The van der Waals surface area contributed by atoms with E-state index in [1.165, 1.54) is 5.56 Å². The molecule has 3 aromatic rings. The molecule has 0 saturated carbocycles. The van der Waals surface area contributed by atoms with Gasteiger partial charge in [0.25, 0.3) is 0 Å². The molecule has 0 radical (unpaired) electrons. The monoisotopic (exact) mass is 338 g/mol. The first-order valence-corrected chi connectivity index (χ1v) is 8.78. The summed E-state index contributed by atoms with van der Waals surface area (Å²) in [5, 5.41) is 5.05. The summed E-state index contributed by atoms with van der Waals surface area (Å²) in [4.78, 5) is 4.72. The number of benzene rings is 1. The molecule has 0 fully saturated rings. The topological polar surface area (TPSA) is 17.8 Å². The van der Waals surface area contributed by atoms with Crippen LogP contribution in [0.15, 0.2) is 35.0 Å². The summed E-state index contributed by atoms with van der Waals surface area (Å²) in [6.07, 6.45) is 1.75. The lowest BCUT2D eigenvalue weighted by Crippen LogP contribution is -2.12. The van der Waals surface area contributed by atoms with Gasteiger partial charge in [0.15, 0.2) is 0 Å². The summed E-state index contributed by atoms with van der Waals surface area (Å²) in [6.45, 7) is 2.22. The van der Waals surface area contributed by atoms with Gasteiger partial charge < -0.3 is 4.57 Å². The van der Waals surface area contributed by atoms with Crippen LogP contribution in [0.25, 0.3) is 11.0 Å². The standard InChI is InChI=1S/C16H16Cl2N2S/c1-11(8-12-5-7-21-10-12)20-15-9-13(18)2-3-14(15)19-16(20)4-6-17/h2-3,5,7,9-11H,4,6,8H2,1H3. The lowest BCUT2D eigenvalue weighted by molar-refractivity contribution is 0.538. The Kier molecular flexibility index (Phi) is 4.53. The largest absolute Gasteiger partial charge is 0.325 e. The van der Waals surface area contributed by atoms with E-state index in [2.05, 4.69) is 28.3 Å². The van der Waals surface area contributed by atoms with E-state index in [4.69, 9.17) is 28.2 Å². The first-order valence-electron chi connectivity index (χ1n) is 6.92. The SMILES string of the molecule is CC(Cc1ccsc1)n1c(CCCl)nc2ccc(Cl)cc21. The predicted octanol–water partition coefficient (Wildman–Crippen LogP) is 5.34. The van der Waals surface area contributed by atoms with E-state index in [9.17, 15) is 0 Å². The molecule has 3 rings (SSSR count). The molecule has 110 valence electrons. The molecule has 1 atom stereocenters. The molecule has 0 aliphatic heterocycles. The third-order valence-electron chi connectivity index (χ3n) is 3.59. The van der Waals surface area contributed by atoms with E-state index in [1.54, 1.807) is 11.3 Å². The summed E-state index contributed by atoms with van der Waals surface area (Å²) in [5.41, 5.74) is 3.43. The number of halogens is 2. The van der Waals surface area contributed by atoms with Crippen LogP contribution in [0.3, 0.4) is 0 Å². The van der Waals surface area contributed by atoms with Crippen LogP contribution in [-0.2, 0) is 12.8 Å². The molecule has 0 spiro atoms. The molecule has 2 heterocycles. The Bertz CT molecular complexity index is 734. The highest BCUT2D eigenvalue weighted by Crippen LogP contribution is 2.27. The number of hydrogen-bond donors (Lipinski definition) is 0. The smallest absolute Gasteiger partial charge is 0.111 e. The molecule has 0 amide bonds. The molecule has 0 bridgehead atoms. The molecule has 2 nitrogen and oxygen atoms in total. The van der Waals surface area contributed by atoms with Crippen molar-refractivity contribution in [2.24, 2.45) is 0 Å². The van der Waals surface area contributed by atoms with Crippen molar-refractivity contribution in [3.8, 4) is 0 Å². The molecule has 5 heteroatoms. The quantitative estimate of drug-likeness (QED) is 0.574. The van der Waals surface area contributed by atoms with Crippen molar-refractivity contribution in [3.63, 3.8) is 0 Å². The van der Waals surface area contributed by atoms with E-state index < -0.39 is 0 Å². The Labute approximate surface area is 138 Å². The summed E-state index contributed by atoms with van der Waals surface area (Å²) in [6, 6.07) is 8.35. The molecule has 2 aromatic heterocycles. The van der Waals surface area contributed by atoms with Gasteiger partial charge in [-0.15, -0.1) is 11.6 Å². The fourth-order valence-electron chi connectivity index (χ4n) is 2.71. The predicted molar refractivity (Wildman–Crippen MR) is 91.9 cm³/mol. The number of rotatable bonds is 5. The highest BCUT2D eigenvalue weighted by molar-refractivity contribution is 7.07. The number of aromatic nitrogens is 2. The number of hydrogen-bond acceptors (Lipinski definition) is 2. The zero-order valence-corrected chi connectivity index (χ0v) is 14.0. The van der Waals surface area contributed by atoms with Crippen molar-refractivity contribution in [3.05, 3.63) is 51.4 Å². The van der Waals surface area contributed by atoms with Crippen LogP contribution in [-0.4, -0.2) is 15.4 Å². The lowest BCUT2D eigenvalue weighted by Gasteiger charge is -2.17. The van der Waals surface area contributed by atoms with Crippen LogP contribution in [0, 0.1) is 0 Å². The van der Waals surface area contributed by atoms with Gasteiger partial charge in [0.05, 0.1) is 11.0 Å². The van der Waals surface area contributed by atoms with E-state index in [0.29, 0.717) is 11.9 Å². The number of fused-ring (bicyclic) bond motifs is 1. The van der Waals surface area contributed by atoms with Gasteiger partial charge >= 0.3 is 0 Å². The fraction of sp³-hybridized carbons (Fsp3) is 0.312. The third-order valence-corrected chi connectivity index (χ3v) is 4.75. The van der Waals surface area contributed by atoms with Crippen LogP contribution >= 0.6 is 34.5 Å². The van der Waals surface area contributed by atoms with Crippen molar-refractivity contribution >= 4 is 45.6 Å². The van der Waals surface area contributed by atoms with Gasteiger partial charge in [-0.3, -0.25) is 0 Å². The van der Waals surface area contributed by atoms with Crippen molar-refractivity contribution in [1.29, 1.82) is 0 Å². The maximum atomic E-state index is 6.16. The first-order chi connectivity index (χ1) is 10.2. The summed E-state index contributed by atoms with van der Waals surface area (Å²) < 4.78 is 2.28. The number of aryl methyl sites for hydroxylation is 1. The van der Waals surface area contributed by atoms with E-state index in [1.807, 2.05) is 18.2 Å². The highest BCUT2D eigenvalue weighted by Gasteiger charge is 2.16. The van der Waals surface area contributed by atoms with Gasteiger partial charge in [-0.05, 0) is 53.9 Å². The van der Waals surface area contributed by atoms with Crippen LogP contribution in [0.2, 0.25) is 5.02 Å². The van der Waals surface area contributed by atoms with Crippen LogP contribution in [0.4, 0.5) is 0 Å². The van der Waals surface area contributed by atoms with Crippen molar-refractivity contribution in [2.45, 2.75) is 25.8 Å². The number of alkyl halides is 1. The third kappa shape index (κ3) is 3.10. The Morgan fingerprint density at radius 1 is 1.33 bits per heavy atom. The van der Waals surface area contributed by atoms with Crippen LogP contribution < -0.4 is 0 Å². The molecule has 0 aliphatic carbocycles. The fourth-order valence-corrected chi connectivity index (χ4v) is 3.73. The van der Waals surface area contributed by atoms with Gasteiger partial charge in [0, 0.05) is 23.4 Å². The summed E-state index contributed by atoms with van der Waals surface area (Å²) in [7, 11) is 0. The minimum Gasteiger partial charge on any atom is -0.325 e. The molecule has 21 heavy (non-hydrogen) atoms. The summed E-state index contributed by atoms with van der Waals surface area (Å²) in [5.74, 6) is 1.60. The lowest BCUT2D eigenvalue weighted by atomic mass is 10.1. The van der Waals surface area contributed by atoms with Crippen molar-refractivity contribution < 1.29 is 0 Å². The minimum atomic E-state index is 0.321. The number of thiophene rings is 1. The van der Waals surface area contributed by atoms with Gasteiger partial charge in [0.1, 0.15) is 5.82 Å². The van der Waals surface area contributed by atoms with Crippen LogP contribution in [0.1, 0.15) is 24.4 Å². The first kappa shape index (κ1) is 14.9.